The van der Waals surface area contributed by atoms with Crippen molar-refractivity contribution in [2.75, 3.05) is 6.54 Å². The van der Waals surface area contributed by atoms with E-state index in [9.17, 15) is 14.0 Å². The smallest absolute Gasteiger partial charge is 0.262 e. The molecule has 0 spiro atoms. The van der Waals surface area contributed by atoms with E-state index in [1.165, 1.54) is 11.0 Å². The lowest BCUT2D eigenvalue weighted by molar-refractivity contribution is 0.0632. The molecule has 7 rings (SSSR count). The maximum atomic E-state index is 14.9. The van der Waals surface area contributed by atoms with Crippen molar-refractivity contribution in [2.24, 2.45) is 4.99 Å². The number of carbonyl (C=O) groups excluding carboxylic acids is 2. The van der Waals surface area contributed by atoms with Crippen molar-refractivity contribution in [3.8, 4) is 17.5 Å². The van der Waals surface area contributed by atoms with E-state index >= 15 is 0 Å². The SMILES string of the molecule is Cc1nnc2n1-c1ccc(C#CCN3C(=O)c4cccc5cccc(c45)C3=O)cc1C(c1ccccc1F)=NC2. The minimum atomic E-state index is -0.379. The van der Waals surface area contributed by atoms with Crippen molar-refractivity contribution in [3.63, 3.8) is 0 Å². The third-order valence-corrected chi connectivity index (χ3v) is 7.22. The Hall–Kier alpha value is -5.42. The fourth-order valence-corrected chi connectivity index (χ4v) is 5.38. The van der Waals surface area contributed by atoms with Crippen LogP contribution in [0.4, 0.5) is 4.39 Å². The zero-order valence-corrected chi connectivity index (χ0v) is 21.4. The number of aryl methyl sites for hydroxylation is 1. The van der Waals surface area contributed by atoms with Crippen LogP contribution in [0.2, 0.25) is 0 Å². The van der Waals surface area contributed by atoms with Gasteiger partial charge in [0.15, 0.2) is 5.82 Å². The van der Waals surface area contributed by atoms with Crippen molar-refractivity contribution in [1.82, 2.24) is 19.7 Å². The molecule has 0 atom stereocenters. The fraction of sp³-hybridized carbons (Fsp3) is 0.0938. The van der Waals surface area contributed by atoms with Crippen LogP contribution in [0, 0.1) is 24.6 Å². The molecule has 1 aromatic heterocycles. The Labute approximate surface area is 228 Å². The number of nitrogens with zero attached hydrogens (tertiary/aromatic N) is 5. The van der Waals surface area contributed by atoms with Crippen LogP contribution < -0.4 is 0 Å². The summed E-state index contributed by atoms with van der Waals surface area (Å²) in [6, 6.07) is 23.0. The van der Waals surface area contributed by atoms with Crippen molar-refractivity contribution < 1.29 is 14.0 Å². The van der Waals surface area contributed by atoms with E-state index in [2.05, 4.69) is 22.0 Å². The van der Waals surface area contributed by atoms with Crippen LogP contribution in [0.25, 0.3) is 16.5 Å². The average molecular weight is 526 g/mol. The second-order valence-electron chi connectivity index (χ2n) is 9.58. The molecule has 3 heterocycles. The standard InChI is InChI=1S/C32H20FN5O2/c1-19-35-36-28-18-34-30(22-10-2-3-13-26(22)33)25-17-20(14-15-27(25)38(19)28)7-6-16-37-31(39)23-11-4-8-21-9-5-12-24(29(21)23)32(37)40/h2-5,8-15,17H,16,18H2,1H3. The first-order valence-electron chi connectivity index (χ1n) is 12.7. The zero-order valence-electron chi connectivity index (χ0n) is 21.4. The second kappa shape index (κ2) is 9.10. The first-order chi connectivity index (χ1) is 19.5. The highest BCUT2D eigenvalue weighted by Gasteiger charge is 2.32. The highest BCUT2D eigenvalue weighted by molar-refractivity contribution is 6.25. The molecule has 40 heavy (non-hydrogen) atoms. The molecular weight excluding hydrogens is 505 g/mol. The van der Waals surface area contributed by atoms with Crippen LogP contribution in [-0.2, 0) is 6.54 Å². The Morgan fingerprint density at radius 2 is 1.57 bits per heavy atom. The summed E-state index contributed by atoms with van der Waals surface area (Å²) in [5.74, 6) is 6.32. The fourth-order valence-electron chi connectivity index (χ4n) is 5.38. The first kappa shape index (κ1) is 23.7. The molecule has 0 saturated carbocycles. The molecule has 5 aromatic rings. The number of halogens is 1. The van der Waals surface area contributed by atoms with Gasteiger partial charge in [0, 0.05) is 33.2 Å². The molecule has 0 radical (unpaired) electrons. The Kier molecular flexibility index (Phi) is 5.39. The summed E-state index contributed by atoms with van der Waals surface area (Å²) in [6.07, 6.45) is 0. The number of carbonyl (C=O) groups is 2. The lowest BCUT2D eigenvalue weighted by Crippen LogP contribution is -2.40. The van der Waals surface area contributed by atoms with E-state index in [-0.39, 0.29) is 30.7 Å². The van der Waals surface area contributed by atoms with Crippen molar-refractivity contribution in [3.05, 3.63) is 124 Å². The van der Waals surface area contributed by atoms with E-state index in [4.69, 9.17) is 4.99 Å². The van der Waals surface area contributed by atoms with Crippen LogP contribution in [0.3, 0.4) is 0 Å². The molecule has 0 N–H and O–H groups in total. The molecule has 0 aliphatic carbocycles. The molecule has 192 valence electrons. The van der Waals surface area contributed by atoms with E-state index in [0.717, 1.165) is 11.1 Å². The van der Waals surface area contributed by atoms with Gasteiger partial charge in [-0.2, -0.15) is 0 Å². The van der Waals surface area contributed by atoms with E-state index < -0.39 is 0 Å². The van der Waals surface area contributed by atoms with Gasteiger partial charge in [-0.15, -0.1) is 10.2 Å². The molecule has 0 unspecified atom stereocenters. The summed E-state index contributed by atoms with van der Waals surface area (Å²) < 4.78 is 16.8. The number of hydrogen-bond donors (Lipinski definition) is 0. The number of rotatable bonds is 2. The van der Waals surface area contributed by atoms with E-state index in [1.54, 1.807) is 30.3 Å². The molecule has 2 aliphatic rings. The summed E-state index contributed by atoms with van der Waals surface area (Å²) in [6.45, 7) is 2.03. The van der Waals surface area contributed by atoms with Gasteiger partial charge in [-0.1, -0.05) is 48.2 Å². The van der Waals surface area contributed by atoms with Crippen molar-refractivity contribution in [1.29, 1.82) is 0 Å². The summed E-state index contributed by atoms with van der Waals surface area (Å²) >= 11 is 0. The molecule has 0 bridgehead atoms. The molecule has 2 aliphatic heterocycles. The first-order valence-corrected chi connectivity index (χ1v) is 12.7. The van der Waals surface area contributed by atoms with Gasteiger partial charge < -0.3 is 0 Å². The quantitative estimate of drug-likeness (QED) is 0.243. The molecule has 0 fully saturated rings. The monoisotopic (exact) mass is 525 g/mol. The van der Waals surface area contributed by atoms with Gasteiger partial charge in [-0.05, 0) is 54.8 Å². The Bertz CT molecular complexity index is 1950. The maximum absolute atomic E-state index is 14.9. The van der Waals surface area contributed by atoms with Crippen LogP contribution in [0.15, 0.2) is 83.9 Å². The normalized spacial score (nSPS) is 13.8. The minimum Gasteiger partial charge on any atom is -0.281 e. The van der Waals surface area contributed by atoms with Crippen LogP contribution >= 0.6 is 0 Å². The van der Waals surface area contributed by atoms with Crippen LogP contribution in [0.1, 0.15) is 49.1 Å². The van der Waals surface area contributed by atoms with Gasteiger partial charge in [0.05, 0.1) is 17.9 Å². The highest BCUT2D eigenvalue weighted by atomic mass is 19.1. The molecule has 7 nitrogen and oxygen atoms in total. The van der Waals surface area contributed by atoms with Crippen molar-refractivity contribution >= 4 is 28.3 Å². The predicted molar refractivity (Wildman–Crippen MR) is 148 cm³/mol. The average Bonchev–Trinajstić information content (AvgIpc) is 3.25. The number of aliphatic imine (C=N–C) groups is 1. The number of aromatic nitrogens is 3. The van der Waals surface area contributed by atoms with Gasteiger partial charge in [-0.3, -0.25) is 24.0 Å². The zero-order chi connectivity index (χ0) is 27.4. The second-order valence-corrected chi connectivity index (χ2v) is 9.58. The lowest BCUT2D eigenvalue weighted by atomic mass is 9.94. The minimum absolute atomic E-state index is 0.0670. The van der Waals surface area contributed by atoms with Crippen LogP contribution in [0.5, 0.6) is 0 Å². The van der Waals surface area contributed by atoms with Crippen molar-refractivity contribution in [2.45, 2.75) is 13.5 Å². The number of amides is 2. The Morgan fingerprint density at radius 1 is 0.850 bits per heavy atom. The van der Waals surface area contributed by atoms with Crippen LogP contribution in [-0.4, -0.2) is 43.7 Å². The Morgan fingerprint density at radius 3 is 2.33 bits per heavy atom. The Balaban J connectivity index is 1.26. The summed E-state index contributed by atoms with van der Waals surface area (Å²) in [7, 11) is 0. The number of hydrogen-bond acceptors (Lipinski definition) is 5. The van der Waals surface area contributed by atoms with E-state index in [0.29, 0.717) is 50.6 Å². The third-order valence-electron chi connectivity index (χ3n) is 7.22. The topological polar surface area (TPSA) is 80.5 Å². The number of benzene rings is 4. The largest absolute Gasteiger partial charge is 0.281 e. The molecule has 4 aromatic carbocycles. The van der Waals surface area contributed by atoms with Gasteiger partial charge >= 0.3 is 0 Å². The summed E-state index contributed by atoms with van der Waals surface area (Å²) in [5, 5.41) is 9.98. The summed E-state index contributed by atoms with van der Waals surface area (Å²) in [5.41, 5.74) is 3.94. The summed E-state index contributed by atoms with van der Waals surface area (Å²) in [4.78, 5) is 32.3. The third kappa shape index (κ3) is 3.63. The molecule has 0 saturated heterocycles. The van der Waals surface area contributed by atoms with Gasteiger partial charge in [0.2, 0.25) is 0 Å². The number of fused-ring (bicyclic) bond motifs is 3. The van der Waals surface area contributed by atoms with E-state index in [1.807, 2.05) is 54.0 Å². The molecular formula is C32H20FN5O2. The maximum Gasteiger partial charge on any atom is 0.262 e. The van der Waals surface area contributed by atoms with Gasteiger partial charge in [0.1, 0.15) is 18.2 Å². The lowest BCUT2D eigenvalue weighted by Gasteiger charge is -2.25. The molecule has 2 amide bonds. The number of imide groups is 1. The van der Waals surface area contributed by atoms with Gasteiger partial charge in [-0.25, -0.2) is 4.39 Å². The predicted octanol–water partition coefficient (Wildman–Crippen LogP) is 4.87. The van der Waals surface area contributed by atoms with Gasteiger partial charge in [0.25, 0.3) is 11.8 Å². The molecule has 8 heteroatoms. The highest BCUT2D eigenvalue weighted by Crippen LogP contribution is 2.30.